The van der Waals surface area contributed by atoms with Gasteiger partial charge in [-0.1, -0.05) is 42.5 Å². The Hall–Kier alpha value is -3.48. The van der Waals surface area contributed by atoms with Crippen molar-refractivity contribution < 1.29 is 9.53 Å². The van der Waals surface area contributed by atoms with Crippen LogP contribution in [0.4, 0.5) is 5.82 Å². The van der Waals surface area contributed by atoms with E-state index in [0.29, 0.717) is 17.1 Å². The summed E-state index contributed by atoms with van der Waals surface area (Å²) in [6.07, 6.45) is 1.69. The lowest BCUT2D eigenvalue weighted by molar-refractivity contribution is 0.0601. The van der Waals surface area contributed by atoms with E-state index in [2.05, 4.69) is 30.7 Å². The van der Waals surface area contributed by atoms with E-state index in [1.807, 2.05) is 30.3 Å². The van der Waals surface area contributed by atoms with Gasteiger partial charge in [-0.25, -0.2) is 4.79 Å². The van der Waals surface area contributed by atoms with Crippen molar-refractivity contribution in [2.75, 3.05) is 12.5 Å². The predicted octanol–water partition coefficient (Wildman–Crippen LogP) is 2.70. The minimum Gasteiger partial charge on any atom is -0.465 e. The molecule has 0 aliphatic carbocycles. The Bertz CT molecular complexity index is 841. The minimum atomic E-state index is -0.382. The molecule has 0 bridgehead atoms. The fourth-order valence-electron chi connectivity index (χ4n) is 2.10. The van der Waals surface area contributed by atoms with Gasteiger partial charge in [-0.05, 0) is 17.7 Å². The summed E-state index contributed by atoms with van der Waals surface area (Å²) in [5.41, 5.74) is 5.71. The Morgan fingerprint density at radius 2 is 1.88 bits per heavy atom. The first-order valence-corrected chi connectivity index (χ1v) is 7.21. The van der Waals surface area contributed by atoms with Gasteiger partial charge < -0.3 is 4.74 Å². The molecule has 0 spiro atoms. The van der Waals surface area contributed by atoms with Gasteiger partial charge in [0.2, 0.25) is 0 Å². The first-order valence-electron chi connectivity index (χ1n) is 7.21. The molecule has 120 valence electrons. The van der Waals surface area contributed by atoms with Crippen LogP contribution in [0.3, 0.4) is 0 Å². The second kappa shape index (κ2) is 7.19. The summed E-state index contributed by atoms with van der Waals surface area (Å²) in [5, 5.41) is 14.9. The number of aromatic amines is 1. The van der Waals surface area contributed by atoms with Gasteiger partial charge in [0.05, 0.1) is 18.9 Å². The van der Waals surface area contributed by atoms with Crippen LogP contribution < -0.4 is 5.43 Å². The number of ether oxygens (including phenoxy) is 1. The fraction of sp³-hybridized carbons (Fsp3) is 0.0588. The Labute approximate surface area is 138 Å². The topological polar surface area (TPSA) is 92.3 Å². The van der Waals surface area contributed by atoms with E-state index in [4.69, 9.17) is 0 Å². The Morgan fingerprint density at radius 3 is 2.58 bits per heavy atom. The molecule has 7 nitrogen and oxygen atoms in total. The van der Waals surface area contributed by atoms with Crippen LogP contribution in [0.15, 0.2) is 59.7 Å². The standard InChI is InChI=1S/C17H15N5O2/c1-24-17(23)14-9-7-13(8-10-14)15-16(21-22-19-15)20-18-11-12-5-3-2-4-6-12/h2-11H,1H3,(H2,19,20,21,22)/b18-11-. The summed E-state index contributed by atoms with van der Waals surface area (Å²) in [6, 6.07) is 16.6. The van der Waals surface area contributed by atoms with Crippen molar-refractivity contribution in [3.63, 3.8) is 0 Å². The van der Waals surface area contributed by atoms with Gasteiger partial charge in [0.15, 0.2) is 5.82 Å². The van der Waals surface area contributed by atoms with Crippen LogP contribution in [0, 0.1) is 0 Å². The third kappa shape index (κ3) is 3.46. The van der Waals surface area contributed by atoms with Crippen molar-refractivity contribution in [1.29, 1.82) is 0 Å². The van der Waals surface area contributed by atoms with Crippen molar-refractivity contribution >= 4 is 18.0 Å². The highest BCUT2D eigenvalue weighted by Crippen LogP contribution is 2.23. The zero-order valence-electron chi connectivity index (χ0n) is 12.9. The van der Waals surface area contributed by atoms with E-state index >= 15 is 0 Å². The van der Waals surface area contributed by atoms with Crippen LogP contribution in [-0.4, -0.2) is 34.7 Å². The smallest absolute Gasteiger partial charge is 0.337 e. The molecule has 0 aliphatic rings. The maximum Gasteiger partial charge on any atom is 0.337 e. The van der Waals surface area contributed by atoms with Gasteiger partial charge in [-0.15, -0.1) is 5.10 Å². The molecule has 0 amide bonds. The van der Waals surface area contributed by atoms with Crippen molar-refractivity contribution in [2.24, 2.45) is 5.10 Å². The Morgan fingerprint density at radius 1 is 1.12 bits per heavy atom. The number of benzene rings is 2. The Kier molecular flexibility index (Phi) is 4.62. The number of hydrogen-bond acceptors (Lipinski definition) is 6. The zero-order valence-corrected chi connectivity index (χ0v) is 12.9. The minimum absolute atomic E-state index is 0.382. The molecular weight excluding hydrogens is 306 g/mol. The number of aromatic nitrogens is 3. The highest BCUT2D eigenvalue weighted by Gasteiger charge is 2.11. The molecule has 0 atom stereocenters. The van der Waals surface area contributed by atoms with Gasteiger partial charge in [0, 0.05) is 5.56 Å². The summed E-state index contributed by atoms with van der Waals surface area (Å²) in [4.78, 5) is 11.5. The average molecular weight is 321 g/mol. The van der Waals surface area contributed by atoms with E-state index in [1.165, 1.54) is 7.11 Å². The molecule has 2 aromatic carbocycles. The number of methoxy groups -OCH3 is 1. The molecule has 3 rings (SSSR count). The lowest BCUT2D eigenvalue weighted by atomic mass is 10.1. The quantitative estimate of drug-likeness (QED) is 0.428. The molecule has 0 aliphatic heterocycles. The summed E-state index contributed by atoms with van der Waals surface area (Å²) in [6.45, 7) is 0. The molecule has 0 radical (unpaired) electrons. The van der Waals surface area contributed by atoms with Crippen LogP contribution in [0.2, 0.25) is 0 Å². The molecule has 2 N–H and O–H groups in total. The van der Waals surface area contributed by atoms with Gasteiger partial charge in [0.25, 0.3) is 0 Å². The fourth-order valence-corrected chi connectivity index (χ4v) is 2.10. The second-order valence-corrected chi connectivity index (χ2v) is 4.87. The summed E-state index contributed by atoms with van der Waals surface area (Å²) >= 11 is 0. The van der Waals surface area contributed by atoms with Gasteiger partial charge in [-0.2, -0.15) is 15.4 Å². The van der Waals surface area contributed by atoms with E-state index in [0.717, 1.165) is 11.1 Å². The third-order valence-electron chi connectivity index (χ3n) is 3.31. The van der Waals surface area contributed by atoms with Crippen LogP contribution in [0.1, 0.15) is 15.9 Å². The summed E-state index contributed by atoms with van der Waals surface area (Å²) in [5.74, 6) is 0.112. The normalized spacial score (nSPS) is 10.7. The molecule has 0 unspecified atom stereocenters. The largest absolute Gasteiger partial charge is 0.465 e. The highest BCUT2D eigenvalue weighted by molar-refractivity contribution is 5.90. The van der Waals surface area contributed by atoms with E-state index in [9.17, 15) is 4.79 Å². The van der Waals surface area contributed by atoms with Crippen LogP contribution in [0.5, 0.6) is 0 Å². The van der Waals surface area contributed by atoms with Gasteiger partial charge in [0.1, 0.15) is 5.69 Å². The molecule has 1 aromatic heterocycles. The number of hydrazone groups is 1. The summed E-state index contributed by atoms with van der Waals surface area (Å²) < 4.78 is 4.68. The van der Waals surface area contributed by atoms with Crippen molar-refractivity contribution in [1.82, 2.24) is 15.4 Å². The molecule has 0 saturated carbocycles. The highest BCUT2D eigenvalue weighted by atomic mass is 16.5. The maximum absolute atomic E-state index is 11.5. The predicted molar refractivity (Wildman–Crippen MR) is 90.8 cm³/mol. The Balaban J connectivity index is 1.75. The number of carbonyl (C=O) groups is 1. The van der Waals surface area contributed by atoms with Crippen molar-refractivity contribution in [3.05, 3.63) is 65.7 Å². The number of H-pyrrole nitrogens is 1. The average Bonchev–Trinajstić information content (AvgIpc) is 3.10. The van der Waals surface area contributed by atoms with Crippen molar-refractivity contribution in [3.8, 4) is 11.3 Å². The van der Waals surface area contributed by atoms with Gasteiger partial charge >= 0.3 is 5.97 Å². The number of rotatable bonds is 5. The number of nitrogens with zero attached hydrogens (tertiary/aromatic N) is 3. The van der Waals surface area contributed by atoms with Crippen LogP contribution in [-0.2, 0) is 4.74 Å². The van der Waals surface area contributed by atoms with E-state index in [1.54, 1.807) is 30.5 Å². The van der Waals surface area contributed by atoms with Crippen LogP contribution >= 0.6 is 0 Å². The monoisotopic (exact) mass is 321 g/mol. The number of esters is 1. The number of hydrogen-bond donors (Lipinski definition) is 2. The van der Waals surface area contributed by atoms with Crippen LogP contribution in [0.25, 0.3) is 11.3 Å². The molecule has 7 heteroatoms. The van der Waals surface area contributed by atoms with E-state index < -0.39 is 0 Å². The molecule has 0 fully saturated rings. The first-order chi connectivity index (χ1) is 11.8. The van der Waals surface area contributed by atoms with E-state index in [-0.39, 0.29) is 5.97 Å². The zero-order chi connectivity index (χ0) is 16.8. The lowest BCUT2D eigenvalue weighted by Gasteiger charge is -2.02. The molecule has 24 heavy (non-hydrogen) atoms. The SMILES string of the molecule is COC(=O)c1ccc(-c2n[nH]nc2N/N=C\c2ccccc2)cc1. The molecular formula is C17H15N5O2. The number of anilines is 1. The molecule has 3 aromatic rings. The van der Waals surface area contributed by atoms with Gasteiger partial charge in [-0.3, -0.25) is 5.43 Å². The summed E-state index contributed by atoms with van der Waals surface area (Å²) in [7, 11) is 1.35. The number of nitrogens with one attached hydrogen (secondary N) is 2. The molecule has 0 saturated heterocycles. The third-order valence-corrected chi connectivity index (χ3v) is 3.31. The lowest BCUT2D eigenvalue weighted by Crippen LogP contribution is -2.00. The first kappa shape index (κ1) is 15.4. The second-order valence-electron chi connectivity index (χ2n) is 4.87. The van der Waals surface area contributed by atoms with Crippen molar-refractivity contribution in [2.45, 2.75) is 0 Å². The maximum atomic E-state index is 11.5. The molecule has 1 heterocycles. The number of carbonyl (C=O) groups excluding carboxylic acids is 1.